The van der Waals surface area contributed by atoms with Crippen molar-refractivity contribution in [1.29, 1.82) is 0 Å². The first-order valence-electron chi connectivity index (χ1n) is 11.4. The third-order valence-corrected chi connectivity index (χ3v) is 5.70. The van der Waals surface area contributed by atoms with Gasteiger partial charge in [-0.2, -0.15) is 0 Å². The number of nitrogens with one attached hydrogen (secondary N) is 1. The Morgan fingerprint density at radius 1 is 0.917 bits per heavy atom. The zero-order valence-corrected chi connectivity index (χ0v) is 20.1. The van der Waals surface area contributed by atoms with Crippen molar-refractivity contribution in [1.82, 2.24) is 4.90 Å². The Labute approximate surface area is 209 Å². The second-order valence-electron chi connectivity index (χ2n) is 8.16. The van der Waals surface area contributed by atoms with Crippen LogP contribution in [0.25, 0.3) is 6.08 Å². The van der Waals surface area contributed by atoms with E-state index in [0.717, 1.165) is 5.56 Å². The van der Waals surface area contributed by atoms with Gasteiger partial charge in [-0.05, 0) is 48.4 Å². The molecule has 0 bridgehead atoms. The van der Waals surface area contributed by atoms with E-state index in [-0.39, 0.29) is 29.6 Å². The van der Waals surface area contributed by atoms with Crippen molar-refractivity contribution in [3.05, 3.63) is 113 Å². The Kier molecular flexibility index (Phi) is 7.60. The van der Waals surface area contributed by atoms with Gasteiger partial charge in [-0.15, -0.1) is 0 Å². The maximum absolute atomic E-state index is 13.3. The number of esters is 1. The molecule has 0 radical (unpaired) electrons. The van der Waals surface area contributed by atoms with Crippen molar-refractivity contribution in [2.45, 2.75) is 13.5 Å². The molecule has 0 saturated heterocycles. The number of amides is 2. The highest BCUT2D eigenvalue weighted by Gasteiger charge is 2.36. The van der Waals surface area contributed by atoms with Crippen LogP contribution in [-0.4, -0.2) is 36.4 Å². The number of carbonyl (C=O) groups excluding carboxylic acids is 3. The molecule has 7 nitrogen and oxygen atoms in total. The molecule has 182 valence electrons. The lowest BCUT2D eigenvalue weighted by molar-refractivity contribution is -0.136. The van der Waals surface area contributed by atoms with Gasteiger partial charge in [0.15, 0.2) is 6.61 Å². The van der Waals surface area contributed by atoms with Crippen LogP contribution in [0.3, 0.4) is 0 Å². The molecule has 7 heteroatoms. The molecule has 1 aliphatic heterocycles. The van der Waals surface area contributed by atoms with Gasteiger partial charge in [-0.25, -0.2) is 4.79 Å². The Bertz CT molecular complexity index is 1310. The average Bonchev–Trinajstić information content (AvgIpc) is 3.13. The molecule has 1 aliphatic rings. The zero-order chi connectivity index (χ0) is 25.5. The van der Waals surface area contributed by atoms with E-state index >= 15 is 0 Å². The normalized spacial score (nSPS) is 14.2. The quantitative estimate of drug-likeness (QED) is 0.375. The molecule has 0 aromatic heterocycles. The fraction of sp³-hybridized carbons (Fsp3) is 0.138. The summed E-state index contributed by atoms with van der Waals surface area (Å²) in [6, 6.07) is 25.6. The summed E-state index contributed by atoms with van der Waals surface area (Å²) in [4.78, 5) is 39.5. The summed E-state index contributed by atoms with van der Waals surface area (Å²) in [6.07, 6.45) is 1.66. The molecule has 36 heavy (non-hydrogen) atoms. The summed E-state index contributed by atoms with van der Waals surface area (Å²) in [6.45, 7) is 1.95. The minimum atomic E-state index is -0.563. The lowest BCUT2D eigenvalue weighted by atomic mass is 10.0. The molecule has 3 aromatic carbocycles. The molecule has 3 aromatic rings. The van der Waals surface area contributed by atoms with Gasteiger partial charge < -0.3 is 19.7 Å². The average molecular weight is 483 g/mol. The van der Waals surface area contributed by atoms with Gasteiger partial charge in [-0.3, -0.25) is 9.59 Å². The van der Waals surface area contributed by atoms with Crippen LogP contribution >= 0.6 is 0 Å². The molecule has 0 unspecified atom stereocenters. The fourth-order valence-electron chi connectivity index (χ4n) is 3.88. The summed E-state index contributed by atoms with van der Waals surface area (Å²) in [5.41, 5.74) is 3.41. The molecule has 2 amide bonds. The number of ether oxygens (including phenoxy) is 2. The lowest BCUT2D eigenvalue weighted by Gasteiger charge is -2.17. The minimum Gasteiger partial charge on any atom is -0.484 e. The van der Waals surface area contributed by atoms with Crippen molar-refractivity contribution in [3.63, 3.8) is 0 Å². The van der Waals surface area contributed by atoms with Crippen molar-refractivity contribution in [2.75, 3.05) is 19.0 Å². The molecule has 0 spiro atoms. The largest absolute Gasteiger partial charge is 0.484 e. The smallest absolute Gasteiger partial charge is 0.340 e. The monoisotopic (exact) mass is 482 g/mol. The number of anilines is 1. The number of para-hydroxylation sites is 1. The first-order chi connectivity index (χ1) is 17.5. The Morgan fingerprint density at radius 2 is 1.56 bits per heavy atom. The summed E-state index contributed by atoms with van der Waals surface area (Å²) in [5, 5.41) is 2.76. The third-order valence-electron chi connectivity index (χ3n) is 5.70. The zero-order valence-electron chi connectivity index (χ0n) is 20.1. The van der Waals surface area contributed by atoms with Gasteiger partial charge in [-0.1, -0.05) is 60.7 Å². The van der Waals surface area contributed by atoms with E-state index in [1.54, 1.807) is 54.3 Å². The number of benzene rings is 3. The van der Waals surface area contributed by atoms with E-state index < -0.39 is 5.97 Å². The number of hydrogen-bond acceptors (Lipinski definition) is 5. The molecule has 0 atom stereocenters. The molecule has 0 fully saturated rings. The van der Waals surface area contributed by atoms with Gasteiger partial charge >= 0.3 is 5.97 Å². The minimum absolute atomic E-state index is 0.142. The van der Waals surface area contributed by atoms with Crippen molar-refractivity contribution in [3.8, 4) is 5.75 Å². The van der Waals surface area contributed by atoms with E-state index in [1.165, 1.54) is 7.11 Å². The van der Waals surface area contributed by atoms with Gasteiger partial charge in [0.05, 0.1) is 24.8 Å². The Balaban J connectivity index is 1.47. The summed E-state index contributed by atoms with van der Waals surface area (Å²) >= 11 is 0. The Hall–Kier alpha value is -4.65. The van der Waals surface area contributed by atoms with Crippen LogP contribution in [0.15, 0.2) is 102 Å². The second-order valence-corrected chi connectivity index (χ2v) is 8.16. The molecule has 0 saturated carbocycles. The van der Waals surface area contributed by atoms with Crippen LogP contribution in [-0.2, 0) is 25.7 Å². The molecule has 0 aliphatic carbocycles. The van der Waals surface area contributed by atoms with E-state index in [0.29, 0.717) is 29.2 Å². The maximum atomic E-state index is 13.3. The molecule has 4 rings (SSSR count). The Morgan fingerprint density at radius 3 is 2.19 bits per heavy atom. The number of allylic oxidation sites excluding steroid dienone is 1. The second kappa shape index (κ2) is 11.2. The van der Waals surface area contributed by atoms with Crippen LogP contribution in [0.4, 0.5) is 5.69 Å². The van der Waals surface area contributed by atoms with Crippen molar-refractivity contribution >= 4 is 29.5 Å². The van der Waals surface area contributed by atoms with Crippen LogP contribution in [0.2, 0.25) is 0 Å². The summed E-state index contributed by atoms with van der Waals surface area (Å²) < 4.78 is 10.5. The van der Waals surface area contributed by atoms with E-state index in [9.17, 15) is 14.4 Å². The van der Waals surface area contributed by atoms with Crippen LogP contribution in [0.5, 0.6) is 5.75 Å². The fourth-order valence-corrected chi connectivity index (χ4v) is 3.88. The highest BCUT2D eigenvalue weighted by atomic mass is 16.5. The highest BCUT2D eigenvalue weighted by molar-refractivity contribution is 6.16. The van der Waals surface area contributed by atoms with Crippen molar-refractivity contribution in [2.24, 2.45) is 0 Å². The number of rotatable bonds is 8. The van der Waals surface area contributed by atoms with Crippen molar-refractivity contribution < 1.29 is 23.9 Å². The topological polar surface area (TPSA) is 84.9 Å². The third kappa shape index (κ3) is 5.70. The van der Waals surface area contributed by atoms with Crippen LogP contribution in [0, 0.1) is 0 Å². The van der Waals surface area contributed by atoms with E-state index in [2.05, 4.69) is 5.32 Å². The van der Waals surface area contributed by atoms with Gasteiger partial charge in [0, 0.05) is 11.4 Å². The maximum Gasteiger partial charge on any atom is 0.340 e. The van der Waals surface area contributed by atoms with Gasteiger partial charge in [0.1, 0.15) is 5.75 Å². The predicted molar refractivity (Wildman–Crippen MR) is 137 cm³/mol. The van der Waals surface area contributed by atoms with Crippen LogP contribution in [0.1, 0.15) is 18.1 Å². The summed E-state index contributed by atoms with van der Waals surface area (Å²) in [5.74, 6) is -0.601. The van der Waals surface area contributed by atoms with Gasteiger partial charge in [0.2, 0.25) is 0 Å². The predicted octanol–water partition coefficient (Wildman–Crippen LogP) is 4.58. The van der Waals surface area contributed by atoms with Gasteiger partial charge in [0.25, 0.3) is 11.8 Å². The standard InChI is InChI=1S/C29H26N2O5/c1-20-27(29(34)35-2)25(28(33)31(20)18-22-9-5-3-6-10-22)17-21-13-15-24(16-14-21)36-19-26(32)30-23-11-7-4-8-12-23/h3-17H,18-19H2,1-2H3,(H,30,32)/b25-17-. The first kappa shape index (κ1) is 24.5. The summed E-state index contributed by atoms with van der Waals surface area (Å²) in [7, 11) is 1.30. The molecular formula is C29H26N2O5. The highest BCUT2D eigenvalue weighted by Crippen LogP contribution is 2.33. The number of hydrogen-bond donors (Lipinski definition) is 1. The number of nitrogens with zero attached hydrogens (tertiary/aromatic N) is 1. The molecule has 1 heterocycles. The number of carbonyl (C=O) groups is 3. The van der Waals surface area contributed by atoms with E-state index in [1.807, 2.05) is 48.5 Å². The number of methoxy groups -OCH3 is 1. The van der Waals surface area contributed by atoms with Crippen LogP contribution < -0.4 is 10.1 Å². The molecule has 1 N–H and O–H groups in total. The SMILES string of the molecule is COC(=O)C1=C(C)N(Cc2ccccc2)C(=O)/C1=C\c1ccc(OCC(=O)Nc2ccccc2)cc1. The first-order valence-corrected chi connectivity index (χ1v) is 11.4. The lowest BCUT2D eigenvalue weighted by Crippen LogP contribution is -2.24. The molecular weight excluding hydrogens is 456 g/mol. The van der Waals surface area contributed by atoms with E-state index in [4.69, 9.17) is 9.47 Å².